The fourth-order valence-electron chi connectivity index (χ4n) is 9.29. The van der Waals surface area contributed by atoms with Crippen LogP contribution in [0.3, 0.4) is 0 Å². The number of hydrogen-bond acceptors (Lipinski definition) is 4. The van der Waals surface area contributed by atoms with Crippen LogP contribution in [-0.4, -0.2) is 39.4 Å². The lowest BCUT2D eigenvalue weighted by molar-refractivity contribution is -0.182. The maximum absolute atomic E-state index is 13.1. The minimum absolute atomic E-state index is 0.0577. The number of carbonyl (C=O) groups excluding carboxylic acids is 1. The summed E-state index contributed by atoms with van der Waals surface area (Å²) >= 11 is 0. The lowest BCUT2D eigenvalue weighted by atomic mass is 9.38. The van der Waals surface area contributed by atoms with Crippen LogP contribution in [0.25, 0.3) is 0 Å². The van der Waals surface area contributed by atoms with Gasteiger partial charge in [-0.2, -0.15) is 0 Å². The third-order valence-electron chi connectivity index (χ3n) is 11.4. The molecular formula is C30H48O4. The second-order valence-electron chi connectivity index (χ2n) is 13.9. The molecule has 0 saturated heterocycles. The molecule has 2 unspecified atom stereocenters. The van der Waals surface area contributed by atoms with Crippen LogP contribution in [0.2, 0.25) is 0 Å². The molecule has 4 heteroatoms. The molecule has 0 aliphatic heterocycles. The maximum atomic E-state index is 13.1. The van der Waals surface area contributed by atoms with Gasteiger partial charge in [0.05, 0.1) is 17.8 Å². The van der Waals surface area contributed by atoms with Gasteiger partial charge in [0.15, 0.2) is 0 Å². The van der Waals surface area contributed by atoms with Gasteiger partial charge in [-0.3, -0.25) is 0 Å². The van der Waals surface area contributed by atoms with Crippen LogP contribution < -0.4 is 0 Å². The van der Waals surface area contributed by atoms with Crippen LogP contribution in [0.15, 0.2) is 23.8 Å². The number of rotatable bonds is 5. The van der Waals surface area contributed by atoms with E-state index in [4.69, 9.17) is 0 Å². The van der Waals surface area contributed by atoms with Crippen LogP contribution in [0.5, 0.6) is 0 Å². The smallest absolute Gasteiger partial charge is 0.127 e. The number of aldehydes is 1. The Kier molecular flexibility index (Phi) is 6.36. The summed E-state index contributed by atoms with van der Waals surface area (Å²) in [5.41, 5.74) is -0.705. The van der Waals surface area contributed by atoms with E-state index >= 15 is 0 Å². The minimum atomic E-state index is -0.792. The summed E-state index contributed by atoms with van der Waals surface area (Å²) in [6, 6.07) is 0. The van der Waals surface area contributed by atoms with Gasteiger partial charge in [0.2, 0.25) is 0 Å². The number of aliphatic hydroxyl groups is 3. The average molecular weight is 473 g/mol. The van der Waals surface area contributed by atoms with E-state index in [-0.39, 0.29) is 22.7 Å². The molecule has 0 aromatic rings. The van der Waals surface area contributed by atoms with Gasteiger partial charge in [0.25, 0.3) is 0 Å². The van der Waals surface area contributed by atoms with Crippen molar-refractivity contribution < 1.29 is 20.1 Å². The highest BCUT2D eigenvalue weighted by atomic mass is 16.3. The van der Waals surface area contributed by atoms with Gasteiger partial charge in [-0.1, -0.05) is 58.4 Å². The van der Waals surface area contributed by atoms with E-state index in [0.29, 0.717) is 18.3 Å². The van der Waals surface area contributed by atoms with Crippen molar-refractivity contribution in [2.45, 2.75) is 111 Å². The third-order valence-corrected chi connectivity index (χ3v) is 11.4. The number of fused-ring (bicyclic) bond motifs is 5. The molecule has 0 heterocycles. The van der Waals surface area contributed by atoms with Crippen LogP contribution in [0, 0.1) is 45.3 Å². The highest BCUT2D eigenvalue weighted by Gasteiger charge is 2.70. The summed E-state index contributed by atoms with van der Waals surface area (Å²) in [5, 5.41) is 32.5. The van der Waals surface area contributed by atoms with Gasteiger partial charge in [-0.15, -0.1) is 0 Å². The molecule has 0 aromatic heterocycles. The average Bonchev–Trinajstić information content (AvgIpc) is 3.01. The van der Waals surface area contributed by atoms with Gasteiger partial charge < -0.3 is 20.1 Å². The normalized spacial score (nSPS) is 46.9. The number of hydrogen-bond donors (Lipinski definition) is 3. The first kappa shape index (κ1) is 26.1. The molecule has 3 fully saturated rings. The molecule has 9 atom stereocenters. The first-order valence-electron chi connectivity index (χ1n) is 13.6. The number of aliphatic hydroxyl groups excluding tert-OH is 2. The van der Waals surface area contributed by atoms with Crippen LogP contribution >= 0.6 is 0 Å². The van der Waals surface area contributed by atoms with E-state index in [2.05, 4.69) is 40.7 Å². The van der Waals surface area contributed by atoms with E-state index in [9.17, 15) is 20.1 Å². The summed E-state index contributed by atoms with van der Waals surface area (Å²) in [5.74, 6) is 1.03. The highest BCUT2D eigenvalue weighted by molar-refractivity contribution is 5.65. The van der Waals surface area contributed by atoms with Crippen molar-refractivity contribution in [1.29, 1.82) is 0 Å². The zero-order valence-corrected chi connectivity index (χ0v) is 22.5. The Balaban J connectivity index is 1.70. The monoisotopic (exact) mass is 472 g/mol. The van der Waals surface area contributed by atoms with Crippen LogP contribution in [-0.2, 0) is 4.79 Å². The third kappa shape index (κ3) is 3.61. The minimum Gasteiger partial charge on any atom is -0.392 e. The highest BCUT2D eigenvalue weighted by Crippen LogP contribution is 2.74. The molecule has 0 spiro atoms. The predicted octanol–water partition coefficient (Wildman–Crippen LogP) is 5.46. The summed E-state index contributed by atoms with van der Waals surface area (Å²) in [6.45, 7) is 14.9. The molecular weight excluding hydrogens is 424 g/mol. The van der Waals surface area contributed by atoms with Gasteiger partial charge in [-0.25, -0.2) is 0 Å². The Morgan fingerprint density at radius 2 is 1.74 bits per heavy atom. The molecule has 3 N–H and O–H groups in total. The summed E-state index contributed by atoms with van der Waals surface area (Å²) in [4.78, 5) is 13.1. The largest absolute Gasteiger partial charge is 0.392 e. The SMILES string of the molecule is C[C@H](C/C=C/C(C)(C)O)[C@H]1CC[C@@]2(C)[C@@H]3C(O)C=C4[C@@H](CCC(O)C4(C)C)[C@]3(C=O)CC[C@]12C. The molecule has 4 rings (SSSR count). The Morgan fingerprint density at radius 3 is 2.35 bits per heavy atom. The number of carbonyl (C=O) groups is 1. The van der Waals surface area contributed by atoms with Crippen molar-refractivity contribution in [3.05, 3.63) is 23.8 Å². The second-order valence-corrected chi connectivity index (χ2v) is 13.9. The molecule has 192 valence electrons. The maximum Gasteiger partial charge on any atom is 0.127 e. The van der Waals surface area contributed by atoms with Crippen molar-refractivity contribution in [3.63, 3.8) is 0 Å². The lowest BCUT2D eigenvalue weighted by Crippen LogP contribution is -2.64. The Bertz CT molecular complexity index is 866. The van der Waals surface area contributed by atoms with Crippen molar-refractivity contribution in [2.24, 2.45) is 45.3 Å². The fraction of sp³-hybridized carbons (Fsp3) is 0.833. The summed E-state index contributed by atoms with van der Waals surface area (Å²) < 4.78 is 0. The molecule has 34 heavy (non-hydrogen) atoms. The molecule has 0 radical (unpaired) electrons. The molecule has 4 aliphatic rings. The van der Waals surface area contributed by atoms with Crippen molar-refractivity contribution in [1.82, 2.24) is 0 Å². The molecule has 4 aliphatic carbocycles. The van der Waals surface area contributed by atoms with Crippen molar-refractivity contribution in [3.8, 4) is 0 Å². The Labute approximate surface area is 206 Å². The Hall–Kier alpha value is -0.970. The molecule has 3 saturated carbocycles. The topological polar surface area (TPSA) is 77.8 Å². The lowest BCUT2D eigenvalue weighted by Gasteiger charge is -2.66. The quantitative estimate of drug-likeness (QED) is 0.367. The summed E-state index contributed by atoms with van der Waals surface area (Å²) in [6.07, 6.45) is 12.7. The van der Waals surface area contributed by atoms with E-state index in [0.717, 1.165) is 44.1 Å². The van der Waals surface area contributed by atoms with Crippen molar-refractivity contribution >= 4 is 6.29 Å². The molecule has 0 bridgehead atoms. The van der Waals surface area contributed by atoms with E-state index in [1.54, 1.807) is 13.8 Å². The van der Waals surface area contributed by atoms with Gasteiger partial charge in [0, 0.05) is 16.7 Å². The van der Waals surface area contributed by atoms with E-state index in [1.807, 2.05) is 12.2 Å². The van der Waals surface area contributed by atoms with Gasteiger partial charge >= 0.3 is 0 Å². The summed E-state index contributed by atoms with van der Waals surface area (Å²) in [7, 11) is 0. The van der Waals surface area contributed by atoms with E-state index < -0.39 is 28.6 Å². The first-order valence-corrected chi connectivity index (χ1v) is 13.6. The van der Waals surface area contributed by atoms with E-state index in [1.165, 1.54) is 6.29 Å². The molecule has 0 aromatic carbocycles. The molecule has 4 nitrogen and oxygen atoms in total. The van der Waals surface area contributed by atoms with Gasteiger partial charge in [-0.05, 0) is 87.4 Å². The first-order chi connectivity index (χ1) is 15.6. The Morgan fingerprint density at radius 1 is 1.06 bits per heavy atom. The van der Waals surface area contributed by atoms with Crippen LogP contribution in [0.1, 0.15) is 93.4 Å². The zero-order valence-electron chi connectivity index (χ0n) is 22.5. The zero-order chi connectivity index (χ0) is 25.3. The second kappa shape index (κ2) is 8.28. The standard InChI is InChI=1S/C30H48O4/c1-19(9-8-13-26(2,3)34)20-12-14-29(7)25-23(32)17-22-21(10-11-24(33)27(22,4)5)30(25,18-31)16-15-28(20,29)6/h8,13,17-21,23-25,32-34H,9-12,14-16H2,1-7H3/b13-8+/t19-,20-,21-,23?,24?,25+,28-,29+,30-/m1/s1. The molecule has 0 amide bonds. The van der Waals surface area contributed by atoms with Gasteiger partial charge in [0.1, 0.15) is 6.29 Å². The van der Waals surface area contributed by atoms with Crippen molar-refractivity contribution in [2.75, 3.05) is 0 Å². The predicted molar refractivity (Wildman–Crippen MR) is 136 cm³/mol. The van der Waals surface area contributed by atoms with Crippen LogP contribution in [0.4, 0.5) is 0 Å². The fourth-order valence-corrected chi connectivity index (χ4v) is 9.29. The number of allylic oxidation sites excluding steroid dienone is 1.